The lowest BCUT2D eigenvalue weighted by Crippen LogP contribution is -2.74. The van der Waals surface area contributed by atoms with Gasteiger partial charge in [0, 0.05) is 29.7 Å². The van der Waals surface area contributed by atoms with Crippen LogP contribution in [0.1, 0.15) is 13.8 Å². The van der Waals surface area contributed by atoms with E-state index in [0.29, 0.717) is 7.11 Å². The number of halogens is 8. The third-order valence-corrected chi connectivity index (χ3v) is 4.23. The molecule has 0 aliphatic heterocycles. The van der Waals surface area contributed by atoms with Crippen molar-refractivity contribution in [2.24, 2.45) is 5.92 Å². The molecule has 0 spiro atoms. The maximum absolute atomic E-state index is 14.7. The zero-order valence-electron chi connectivity index (χ0n) is 10.7. The Kier molecular flexibility index (Phi) is 4.24. The van der Waals surface area contributed by atoms with Crippen molar-refractivity contribution in [2.45, 2.75) is 40.9 Å². The quantitative estimate of drug-likeness (QED) is 0.281. The Balaban J connectivity index is 3.69. The molecule has 1 rings (SSSR count). The Hall–Kier alpha value is -0.0600. The van der Waals surface area contributed by atoms with Gasteiger partial charge in [-0.15, -0.1) is 0 Å². The van der Waals surface area contributed by atoms with Gasteiger partial charge in [-0.25, -0.2) is 13.2 Å². The highest BCUT2D eigenvalue weighted by Gasteiger charge is 2.84. The standard InChI is InChI=1S/C11H12F7IO/c1-6(2)9(14)8(13,20-3)5-4-7(12,10(9,15)16)11(17,18)19/h4-6H,1-3H3. The molecule has 0 aromatic rings. The van der Waals surface area contributed by atoms with E-state index in [2.05, 4.69) is 4.74 Å². The number of rotatable bonds is 3. The van der Waals surface area contributed by atoms with E-state index < -0.39 is 33.0 Å². The topological polar surface area (TPSA) is 9.23 Å². The molecule has 0 aromatic carbocycles. The molecule has 3 atom stereocenters. The van der Waals surface area contributed by atoms with Crippen molar-refractivity contribution in [3.05, 3.63) is 12.2 Å². The van der Waals surface area contributed by atoms with E-state index in [1.807, 2.05) is 0 Å². The number of hydrogen-bond donors (Lipinski definition) is 0. The summed E-state index contributed by atoms with van der Waals surface area (Å²) in [5.74, 6) is -10.9. The van der Waals surface area contributed by atoms with Crippen molar-refractivity contribution in [3.63, 3.8) is 0 Å². The lowest BCUT2D eigenvalue weighted by molar-refractivity contribution is -0.334. The second-order valence-corrected chi connectivity index (χ2v) is 6.19. The molecule has 0 fully saturated rings. The van der Waals surface area contributed by atoms with Crippen LogP contribution >= 0.6 is 22.6 Å². The summed E-state index contributed by atoms with van der Waals surface area (Å²) < 4.78 is 97.1. The summed E-state index contributed by atoms with van der Waals surface area (Å²) in [6.45, 7) is 1.65. The fourth-order valence-corrected chi connectivity index (χ4v) is 2.69. The van der Waals surface area contributed by atoms with E-state index >= 15 is 0 Å². The molecule has 0 heterocycles. The Labute approximate surface area is 124 Å². The molecule has 0 saturated heterocycles. The fourth-order valence-electron chi connectivity index (χ4n) is 2.17. The minimum Gasteiger partial charge on any atom is -0.343 e. The van der Waals surface area contributed by atoms with Crippen molar-refractivity contribution in [1.82, 2.24) is 0 Å². The SMILES string of the molecule is COC1(F)C=CC(F)(C(F)(F)I)C(F)(F)C1(F)C(C)C. The van der Waals surface area contributed by atoms with Gasteiger partial charge < -0.3 is 4.74 Å². The van der Waals surface area contributed by atoms with E-state index in [1.54, 1.807) is 0 Å². The molecular formula is C11H12F7IO. The van der Waals surface area contributed by atoms with Crippen LogP contribution in [0.15, 0.2) is 12.2 Å². The molecule has 1 aliphatic rings. The highest BCUT2D eigenvalue weighted by Crippen LogP contribution is 2.62. The van der Waals surface area contributed by atoms with Gasteiger partial charge >= 0.3 is 9.85 Å². The van der Waals surface area contributed by atoms with Crippen LogP contribution in [-0.4, -0.2) is 34.2 Å². The Bertz CT molecular complexity index is 421. The van der Waals surface area contributed by atoms with Gasteiger partial charge in [0.1, 0.15) is 0 Å². The monoisotopic (exact) mass is 420 g/mol. The summed E-state index contributed by atoms with van der Waals surface area (Å²) in [5.41, 5.74) is -8.97. The van der Waals surface area contributed by atoms with Gasteiger partial charge in [0.15, 0.2) is 0 Å². The van der Waals surface area contributed by atoms with E-state index in [1.165, 1.54) is 0 Å². The molecule has 1 aliphatic carbocycles. The summed E-state index contributed by atoms with van der Waals surface area (Å²) in [5, 5.41) is 0. The van der Waals surface area contributed by atoms with E-state index in [0.717, 1.165) is 13.8 Å². The maximum atomic E-state index is 14.7. The smallest absolute Gasteiger partial charge is 0.339 e. The largest absolute Gasteiger partial charge is 0.343 e. The second kappa shape index (κ2) is 4.72. The first-order valence-corrected chi connectivity index (χ1v) is 6.56. The number of ether oxygens (including phenoxy) is 1. The van der Waals surface area contributed by atoms with Gasteiger partial charge in [-0.05, 0) is 18.1 Å². The zero-order valence-corrected chi connectivity index (χ0v) is 12.8. The van der Waals surface area contributed by atoms with Crippen LogP contribution in [0.3, 0.4) is 0 Å². The summed E-state index contributed by atoms with van der Waals surface area (Å²) in [6.07, 6.45) is -0.430. The van der Waals surface area contributed by atoms with Gasteiger partial charge in [-0.3, -0.25) is 0 Å². The van der Waals surface area contributed by atoms with Crippen LogP contribution in [0.25, 0.3) is 0 Å². The lowest BCUT2D eigenvalue weighted by Gasteiger charge is -2.51. The van der Waals surface area contributed by atoms with Crippen molar-refractivity contribution in [1.29, 1.82) is 0 Å². The minimum atomic E-state index is -5.35. The average Bonchev–Trinajstić information content (AvgIpc) is 2.30. The van der Waals surface area contributed by atoms with Crippen LogP contribution in [0, 0.1) is 5.92 Å². The van der Waals surface area contributed by atoms with Crippen LogP contribution in [-0.2, 0) is 4.74 Å². The molecule has 20 heavy (non-hydrogen) atoms. The van der Waals surface area contributed by atoms with Crippen molar-refractivity contribution < 1.29 is 35.5 Å². The number of allylic oxidation sites excluding steroid dienone is 1. The maximum Gasteiger partial charge on any atom is 0.339 e. The van der Waals surface area contributed by atoms with Crippen molar-refractivity contribution in [3.8, 4) is 0 Å². The van der Waals surface area contributed by atoms with Crippen molar-refractivity contribution >= 4 is 22.6 Å². The molecule has 0 bridgehead atoms. The third kappa shape index (κ3) is 1.91. The van der Waals surface area contributed by atoms with Crippen LogP contribution < -0.4 is 0 Å². The molecule has 0 saturated carbocycles. The first kappa shape index (κ1) is 18.0. The second-order valence-electron chi connectivity index (χ2n) is 4.83. The predicted octanol–water partition coefficient (Wildman–Crippen LogP) is 4.60. The van der Waals surface area contributed by atoms with Gasteiger partial charge in [-0.2, -0.15) is 17.6 Å². The highest BCUT2D eigenvalue weighted by atomic mass is 127. The molecule has 9 heteroatoms. The van der Waals surface area contributed by atoms with E-state index in [-0.39, 0.29) is 34.7 Å². The Morgan fingerprint density at radius 2 is 1.50 bits per heavy atom. The molecule has 3 unspecified atom stereocenters. The van der Waals surface area contributed by atoms with E-state index in [4.69, 9.17) is 0 Å². The molecule has 0 radical (unpaired) electrons. The first-order chi connectivity index (χ1) is 8.71. The van der Waals surface area contributed by atoms with Crippen LogP contribution in [0.4, 0.5) is 30.7 Å². The van der Waals surface area contributed by atoms with Crippen LogP contribution in [0.2, 0.25) is 0 Å². The highest BCUT2D eigenvalue weighted by molar-refractivity contribution is 14.1. The Morgan fingerprint density at radius 3 is 1.80 bits per heavy atom. The summed E-state index contributed by atoms with van der Waals surface area (Å²) in [7, 11) is 0.588. The zero-order chi connectivity index (χ0) is 16.2. The minimum absolute atomic E-state index is 0.0585. The summed E-state index contributed by atoms with van der Waals surface area (Å²) in [6, 6.07) is 0. The van der Waals surface area contributed by atoms with Crippen LogP contribution in [0.5, 0.6) is 0 Å². The molecule has 118 valence electrons. The Morgan fingerprint density at radius 1 is 1.05 bits per heavy atom. The number of methoxy groups -OCH3 is 1. The summed E-state index contributed by atoms with van der Waals surface area (Å²) in [4.78, 5) is 0. The molecule has 1 nitrogen and oxygen atoms in total. The van der Waals surface area contributed by atoms with Crippen molar-refractivity contribution in [2.75, 3.05) is 7.11 Å². The molecule has 0 amide bonds. The normalized spacial score (nSPS) is 41.2. The van der Waals surface area contributed by atoms with Gasteiger partial charge in [0.2, 0.25) is 5.67 Å². The molecular weight excluding hydrogens is 408 g/mol. The number of alkyl halides is 8. The molecule has 0 aromatic heterocycles. The lowest BCUT2D eigenvalue weighted by atomic mass is 9.69. The van der Waals surface area contributed by atoms with E-state index in [9.17, 15) is 30.7 Å². The van der Waals surface area contributed by atoms with Gasteiger partial charge in [0.05, 0.1) is 0 Å². The molecule has 0 N–H and O–H groups in total. The fraction of sp³-hybridized carbons (Fsp3) is 0.818. The first-order valence-electron chi connectivity index (χ1n) is 5.48. The predicted molar refractivity (Wildman–Crippen MR) is 66.4 cm³/mol. The summed E-state index contributed by atoms with van der Waals surface area (Å²) >= 11 is 0.132. The number of hydrogen-bond acceptors (Lipinski definition) is 1. The van der Waals surface area contributed by atoms with Gasteiger partial charge in [-0.1, -0.05) is 13.8 Å². The van der Waals surface area contributed by atoms with Gasteiger partial charge in [0.25, 0.3) is 11.5 Å². The average molecular weight is 420 g/mol. The third-order valence-electron chi connectivity index (χ3n) is 3.44.